The summed E-state index contributed by atoms with van der Waals surface area (Å²) in [5, 5.41) is 0. The van der Waals surface area contributed by atoms with Crippen LogP contribution in [0.15, 0.2) is 11.0 Å². The van der Waals surface area contributed by atoms with E-state index in [2.05, 4.69) is 4.98 Å². The van der Waals surface area contributed by atoms with Crippen molar-refractivity contribution in [2.45, 2.75) is 6.43 Å². The van der Waals surface area contributed by atoms with Crippen LogP contribution in [0.2, 0.25) is 0 Å². The molecule has 0 aliphatic rings. The van der Waals surface area contributed by atoms with Crippen LogP contribution in [-0.4, -0.2) is 11.3 Å². The molecule has 1 N–H and O–H groups in total. The summed E-state index contributed by atoms with van der Waals surface area (Å²) in [6, 6.07) is 0. The molecule has 1 aromatic heterocycles. The van der Waals surface area contributed by atoms with Crippen molar-refractivity contribution in [2.75, 3.05) is 0 Å². The highest BCUT2D eigenvalue weighted by atomic mass is 127. The third-order valence-corrected chi connectivity index (χ3v) is 2.65. The molecule has 0 bridgehead atoms. The first-order chi connectivity index (χ1) is 6.07. The van der Waals surface area contributed by atoms with Crippen molar-refractivity contribution in [3.8, 4) is 0 Å². The standard InChI is InChI=1S/C7H4F2INO2/c8-6(9)3-1-11-7(13)4(2-12)5(3)10/h1-2,6H,(H,11,13). The minimum Gasteiger partial charge on any atom is -0.328 e. The van der Waals surface area contributed by atoms with Crippen LogP contribution < -0.4 is 5.56 Å². The Morgan fingerprint density at radius 1 is 1.54 bits per heavy atom. The van der Waals surface area contributed by atoms with Gasteiger partial charge < -0.3 is 4.98 Å². The summed E-state index contributed by atoms with van der Waals surface area (Å²) in [6.07, 6.45) is -1.50. The second kappa shape index (κ2) is 3.95. The van der Waals surface area contributed by atoms with E-state index < -0.39 is 12.0 Å². The third kappa shape index (κ3) is 1.93. The molecule has 0 fully saturated rings. The molecule has 0 saturated carbocycles. The summed E-state index contributed by atoms with van der Waals surface area (Å²) in [5.41, 5.74) is -1.23. The molecule has 0 amide bonds. The Labute approximate surface area is 85.3 Å². The van der Waals surface area contributed by atoms with Gasteiger partial charge in [-0.3, -0.25) is 9.59 Å². The molecular formula is C7H4F2INO2. The van der Waals surface area contributed by atoms with Crippen molar-refractivity contribution in [1.29, 1.82) is 0 Å². The molecule has 0 spiro atoms. The number of H-pyrrole nitrogens is 1. The van der Waals surface area contributed by atoms with Crippen LogP contribution in [-0.2, 0) is 0 Å². The lowest BCUT2D eigenvalue weighted by Gasteiger charge is -2.03. The summed E-state index contributed by atoms with van der Waals surface area (Å²) in [6.45, 7) is 0. The number of nitrogens with one attached hydrogen (secondary N) is 1. The fourth-order valence-electron chi connectivity index (χ4n) is 0.804. The minimum absolute atomic E-state index is 0.00588. The van der Waals surface area contributed by atoms with Gasteiger partial charge in [0.2, 0.25) is 0 Å². The van der Waals surface area contributed by atoms with Crippen molar-refractivity contribution in [3.05, 3.63) is 31.2 Å². The maximum absolute atomic E-state index is 12.2. The number of halogens is 3. The first-order valence-corrected chi connectivity index (χ1v) is 4.30. The van der Waals surface area contributed by atoms with E-state index in [1.54, 1.807) is 22.6 Å². The van der Waals surface area contributed by atoms with E-state index in [0.29, 0.717) is 0 Å². The monoisotopic (exact) mass is 299 g/mol. The second-order valence-corrected chi connectivity index (χ2v) is 3.30. The van der Waals surface area contributed by atoms with Gasteiger partial charge in [0.15, 0.2) is 6.29 Å². The molecule has 13 heavy (non-hydrogen) atoms. The van der Waals surface area contributed by atoms with Gasteiger partial charge >= 0.3 is 0 Å². The summed E-state index contributed by atoms with van der Waals surface area (Å²) < 4.78 is 24.5. The fourth-order valence-corrected chi connectivity index (χ4v) is 1.57. The van der Waals surface area contributed by atoms with Crippen molar-refractivity contribution in [2.24, 2.45) is 0 Å². The molecular weight excluding hydrogens is 295 g/mol. The zero-order chi connectivity index (χ0) is 10.0. The number of hydrogen-bond acceptors (Lipinski definition) is 2. The molecule has 0 unspecified atom stereocenters. The maximum atomic E-state index is 12.2. The minimum atomic E-state index is -2.69. The second-order valence-electron chi connectivity index (χ2n) is 2.22. The van der Waals surface area contributed by atoms with E-state index in [9.17, 15) is 18.4 Å². The van der Waals surface area contributed by atoms with E-state index in [1.807, 2.05) is 0 Å². The Bertz CT molecular complexity index is 389. The molecule has 0 saturated heterocycles. The molecule has 6 heteroatoms. The molecule has 1 aromatic rings. The highest BCUT2D eigenvalue weighted by Gasteiger charge is 2.16. The van der Waals surface area contributed by atoms with Crippen molar-refractivity contribution < 1.29 is 13.6 Å². The molecule has 70 valence electrons. The van der Waals surface area contributed by atoms with Crippen LogP contribution in [0.3, 0.4) is 0 Å². The van der Waals surface area contributed by atoms with Crippen LogP contribution in [0.4, 0.5) is 8.78 Å². The molecule has 0 aromatic carbocycles. The van der Waals surface area contributed by atoms with Crippen LogP contribution in [0.5, 0.6) is 0 Å². The summed E-state index contributed by atoms with van der Waals surface area (Å²) in [4.78, 5) is 23.3. The third-order valence-electron chi connectivity index (χ3n) is 1.45. The number of aromatic amines is 1. The quantitative estimate of drug-likeness (QED) is 0.668. The number of aromatic nitrogens is 1. The predicted molar refractivity (Wildman–Crippen MR) is 50.1 cm³/mol. The molecule has 1 heterocycles. The normalized spacial score (nSPS) is 10.5. The Kier molecular flexibility index (Phi) is 3.12. The number of carbonyl (C=O) groups excluding carboxylic acids is 1. The zero-order valence-corrected chi connectivity index (χ0v) is 8.34. The van der Waals surface area contributed by atoms with Crippen LogP contribution in [0, 0.1) is 3.57 Å². The van der Waals surface area contributed by atoms with Crippen molar-refractivity contribution in [3.63, 3.8) is 0 Å². The summed E-state index contributed by atoms with van der Waals surface area (Å²) in [5.74, 6) is 0. The van der Waals surface area contributed by atoms with Gasteiger partial charge in [-0.1, -0.05) is 0 Å². The molecule has 0 radical (unpaired) electrons. The van der Waals surface area contributed by atoms with Gasteiger partial charge in [-0.25, -0.2) is 8.78 Å². The topological polar surface area (TPSA) is 49.9 Å². The van der Waals surface area contributed by atoms with Crippen LogP contribution in [0.1, 0.15) is 22.3 Å². The number of hydrogen-bond donors (Lipinski definition) is 1. The highest BCUT2D eigenvalue weighted by molar-refractivity contribution is 14.1. The molecule has 0 atom stereocenters. The summed E-state index contributed by atoms with van der Waals surface area (Å²) in [7, 11) is 0. The van der Waals surface area contributed by atoms with E-state index in [-0.39, 0.29) is 21.0 Å². The van der Waals surface area contributed by atoms with Gasteiger partial charge in [-0.2, -0.15) is 0 Å². The highest BCUT2D eigenvalue weighted by Crippen LogP contribution is 2.23. The number of pyridine rings is 1. The first kappa shape index (κ1) is 10.3. The van der Waals surface area contributed by atoms with Gasteiger partial charge in [-0.15, -0.1) is 0 Å². The molecule has 0 aliphatic heterocycles. The van der Waals surface area contributed by atoms with Gasteiger partial charge in [0, 0.05) is 15.3 Å². The fraction of sp³-hybridized carbons (Fsp3) is 0.143. The predicted octanol–water partition coefficient (Wildman–Crippen LogP) is 1.73. The van der Waals surface area contributed by atoms with Crippen LogP contribution in [0.25, 0.3) is 0 Å². The largest absolute Gasteiger partial charge is 0.328 e. The van der Waals surface area contributed by atoms with Gasteiger partial charge in [0.25, 0.3) is 12.0 Å². The Morgan fingerprint density at radius 3 is 2.62 bits per heavy atom. The molecule has 1 rings (SSSR count). The number of rotatable bonds is 2. The zero-order valence-electron chi connectivity index (χ0n) is 6.18. The maximum Gasteiger partial charge on any atom is 0.266 e. The van der Waals surface area contributed by atoms with E-state index in [1.165, 1.54) is 0 Å². The number of alkyl halides is 2. The number of aldehydes is 1. The lowest BCUT2D eigenvalue weighted by molar-refractivity contribution is 0.112. The summed E-state index contributed by atoms with van der Waals surface area (Å²) >= 11 is 1.55. The van der Waals surface area contributed by atoms with Gasteiger partial charge in [0.1, 0.15) is 0 Å². The Morgan fingerprint density at radius 2 is 2.15 bits per heavy atom. The van der Waals surface area contributed by atoms with Gasteiger partial charge in [-0.05, 0) is 22.6 Å². The Balaban J connectivity index is 3.44. The van der Waals surface area contributed by atoms with E-state index in [0.717, 1.165) is 6.20 Å². The smallest absolute Gasteiger partial charge is 0.266 e. The van der Waals surface area contributed by atoms with E-state index in [4.69, 9.17) is 0 Å². The van der Waals surface area contributed by atoms with Crippen LogP contribution >= 0.6 is 22.6 Å². The average Bonchev–Trinajstić information content (AvgIpc) is 2.04. The van der Waals surface area contributed by atoms with Crippen molar-refractivity contribution in [1.82, 2.24) is 4.98 Å². The Hall–Kier alpha value is -0.790. The lowest BCUT2D eigenvalue weighted by Crippen LogP contribution is -2.15. The van der Waals surface area contributed by atoms with E-state index >= 15 is 0 Å². The van der Waals surface area contributed by atoms with Crippen molar-refractivity contribution >= 4 is 28.9 Å². The SMILES string of the molecule is O=Cc1c(I)c(C(F)F)c[nH]c1=O. The average molecular weight is 299 g/mol. The molecule has 0 aliphatic carbocycles. The number of carbonyl (C=O) groups is 1. The molecule has 3 nitrogen and oxygen atoms in total. The lowest BCUT2D eigenvalue weighted by atomic mass is 10.2. The first-order valence-electron chi connectivity index (χ1n) is 3.22. The van der Waals surface area contributed by atoms with Gasteiger partial charge in [0.05, 0.1) is 5.56 Å².